The molecule has 1 fully saturated rings. The van der Waals surface area contributed by atoms with E-state index in [1.165, 1.54) is 0 Å². The first-order valence-electron chi connectivity index (χ1n) is 7.75. The van der Waals surface area contributed by atoms with Crippen LogP contribution in [0.4, 0.5) is 4.79 Å². The molecule has 2 amide bonds. The van der Waals surface area contributed by atoms with E-state index in [-0.39, 0.29) is 6.03 Å². The van der Waals surface area contributed by atoms with Gasteiger partial charge in [-0.1, -0.05) is 24.2 Å². The van der Waals surface area contributed by atoms with E-state index in [2.05, 4.69) is 27.6 Å². The Kier molecular flexibility index (Phi) is 4.22. The summed E-state index contributed by atoms with van der Waals surface area (Å²) in [6.07, 6.45) is 8.04. The molecule has 0 radical (unpaired) electrons. The van der Waals surface area contributed by atoms with Crippen LogP contribution in [0, 0.1) is 11.8 Å². The molecule has 2 aliphatic rings. The van der Waals surface area contributed by atoms with Crippen molar-refractivity contribution in [2.45, 2.75) is 32.6 Å². The zero-order valence-electron chi connectivity index (χ0n) is 12.4. The van der Waals surface area contributed by atoms with Crippen LogP contribution in [-0.4, -0.2) is 40.7 Å². The van der Waals surface area contributed by atoms with Crippen LogP contribution in [0.3, 0.4) is 0 Å². The van der Waals surface area contributed by atoms with Crippen molar-refractivity contribution in [2.24, 2.45) is 11.8 Å². The summed E-state index contributed by atoms with van der Waals surface area (Å²) in [5.74, 6) is 2.59. The van der Waals surface area contributed by atoms with Crippen molar-refractivity contribution in [3.05, 3.63) is 23.9 Å². The second kappa shape index (κ2) is 6.28. The van der Waals surface area contributed by atoms with Crippen LogP contribution >= 0.6 is 0 Å². The zero-order chi connectivity index (χ0) is 14.7. The highest BCUT2D eigenvalue weighted by atomic mass is 16.5. The monoisotopic (exact) mass is 290 g/mol. The van der Waals surface area contributed by atoms with Gasteiger partial charge >= 0.3 is 6.03 Å². The van der Waals surface area contributed by atoms with Crippen LogP contribution in [0.1, 0.15) is 31.5 Å². The molecule has 114 valence electrons. The number of carbonyl (C=O) groups excluding carboxylic acids is 1. The number of amides is 2. The van der Waals surface area contributed by atoms with E-state index >= 15 is 0 Å². The molecule has 1 aliphatic heterocycles. The number of hydrogen-bond acceptors (Lipinski definition) is 4. The maximum absolute atomic E-state index is 12.2. The minimum absolute atomic E-state index is 0.0274. The Morgan fingerprint density at radius 1 is 1.38 bits per heavy atom. The van der Waals surface area contributed by atoms with Crippen LogP contribution in [0.15, 0.2) is 16.7 Å². The maximum Gasteiger partial charge on any atom is 0.317 e. The average Bonchev–Trinajstić information content (AvgIpc) is 3.13. The number of nitrogens with one attached hydrogen (secondary N) is 1. The summed E-state index contributed by atoms with van der Waals surface area (Å²) in [5, 5.41) is 6.79. The Balaban J connectivity index is 1.42. The van der Waals surface area contributed by atoms with Gasteiger partial charge in [0.15, 0.2) is 5.82 Å². The molecule has 3 rings (SSSR count). The largest absolute Gasteiger partial charge is 0.339 e. The van der Waals surface area contributed by atoms with Crippen LogP contribution in [0.25, 0.3) is 0 Å². The number of likely N-dealkylation sites (tertiary alicyclic amines) is 1. The molecule has 0 aromatic carbocycles. The summed E-state index contributed by atoms with van der Waals surface area (Å²) in [4.78, 5) is 18.3. The van der Waals surface area contributed by atoms with Gasteiger partial charge in [-0.05, 0) is 24.7 Å². The first kappa shape index (κ1) is 14.1. The highest BCUT2D eigenvalue weighted by Gasteiger charge is 2.34. The normalized spacial score (nSPS) is 24.1. The molecule has 1 aliphatic carbocycles. The molecule has 21 heavy (non-hydrogen) atoms. The van der Waals surface area contributed by atoms with Crippen molar-refractivity contribution in [1.29, 1.82) is 0 Å². The van der Waals surface area contributed by atoms with Crippen LogP contribution in [0.2, 0.25) is 0 Å². The number of hydrogen-bond donors (Lipinski definition) is 1. The number of fused-ring (bicyclic) bond motifs is 1. The number of urea groups is 1. The second-order valence-corrected chi connectivity index (χ2v) is 5.81. The fraction of sp³-hybridized carbons (Fsp3) is 0.667. The fourth-order valence-electron chi connectivity index (χ4n) is 3.10. The first-order chi connectivity index (χ1) is 10.3. The van der Waals surface area contributed by atoms with Crippen LogP contribution in [0.5, 0.6) is 0 Å². The van der Waals surface area contributed by atoms with Crippen molar-refractivity contribution in [1.82, 2.24) is 20.4 Å². The van der Waals surface area contributed by atoms with Gasteiger partial charge in [0.2, 0.25) is 5.89 Å². The quantitative estimate of drug-likeness (QED) is 0.858. The van der Waals surface area contributed by atoms with E-state index in [0.29, 0.717) is 36.5 Å². The summed E-state index contributed by atoms with van der Waals surface area (Å²) >= 11 is 0. The molecular weight excluding hydrogens is 268 g/mol. The molecule has 1 N–H and O–H groups in total. The number of nitrogens with zero attached hydrogens (tertiary/aromatic N) is 3. The lowest BCUT2D eigenvalue weighted by molar-refractivity contribution is 0.206. The minimum atomic E-state index is 0.0274. The molecule has 1 aromatic heterocycles. The molecule has 1 aromatic rings. The van der Waals surface area contributed by atoms with E-state index in [9.17, 15) is 4.79 Å². The molecule has 6 nitrogen and oxygen atoms in total. The first-order valence-corrected chi connectivity index (χ1v) is 7.75. The van der Waals surface area contributed by atoms with Crippen molar-refractivity contribution in [3.63, 3.8) is 0 Å². The third-order valence-corrected chi connectivity index (χ3v) is 4.35. The SMILES string of the molecule is CCc1noc(CCNC(=O)N2C[C@H]3CC=CC[C@H]3C2)n1. The molecule has 1 saturated heterocycles. The third kappa shape index (κ3) is 3.25. The fourth-order valence-corrected chi connectivity index (χ4v) is 3.10. The summed E-state index contributed by atoms with van der Waals surface area (Å²) in [6, 6.07) is 0.0274. The lowest BCUT2D eigenvalue weighted by Gasteiger charge is -2.17. The molecule has 6 heteroatoms. The molecule has 0 saturated carbocycles. The number of aromatic nitrogens is 2. The molecule has 0 bridgehead atoms. The lowest BCUT2D eigenvalue weighted by Crippen LogP contribution is -2.39. The smallest absolute Gasteiger partial charge is 0.317 e. The third-order valence-electron chi connectivity index (χ3n) is 4.35. The minimum Gasteiger partial charge on any atom is -0.339 e. The van der Waals surface area contributed by atoms with Crippen LogP contribution in [-0.2, 0) is 12.8 Å². The molecule has 0 unspecified atom stereocenters. The maximum atomic E-state index is 12.2. The Hall–Kier alpha value is -1.85. The van der Waals surface area contributed by atoms with E-state index in [4.69, 9.17) is 4.52 Å². The Morgan fingerprint density at radius 3 is 2.71 bits per heavy atom. The number of carbonyl (C=O) groups is 1. The van der Waals surface area contributed by atoms with Gasteiger partial charge in [0.05, 0.1) is 0 Å². The van der Waals surface area contributed by atoms with Gasteiger partial charge in [0.1, 0.15) is 0 Å². The van der Waals surface area contributed by atoms with Gasteiger partial charge in [0, 0.05) is 32.5 Å². The summed E-state index contributed by atoms with van der Waals surface area (Å²) in [5.41, 5.74) is 0. The highest BCUT2D eigenvalue weighted by Crippen LogP contribution is 2.32. The molecule has 2 atom stereocenters. The Morgan fingerprint density at radius 2 is 2.10 bits per heavy atom. The summed E-state index contributed by atoms with van der Waals surface area (Å²) < 4.78 is 5.11. The van der Waals surface area contributed by atoms with Gasteiger partial charge < -0.3 is 14.7 Å². The summed E-state index contributed by atoms with van der Waals surface area (Å²) in [7, 11) is 0. The molecule has 0 spiro atoms. The van der Waals surface area contributed by atoms with Crippen molar-refractivity contribution < 1.29 is 9.32 Å². The predicted molar refractivity (Wildman–Crippen MR) is 77.7 cm³/mol. The van der Waals surface area contributed by atoms with Gasteiger partial charge in [-0.2, -0.15) is 4.98 Å². The second-order valence-electron chi connectivity index (χ2n) is 5.81. The van der Waals surface area contributed by atoms with Gasteiger partial charge in [-0.15, -0.1) is 0 Å². The number of allylic oxidation sites excluding steroid dienone is 2. The van der Waals surface area contributed by atoms with E-state index in [1.54, 1.807) is 0 Å². The summed E-state index contributed by atoms with van der Waals surface area (Å²) in [6.45, 7) is 4.27. The Labute approximate surface area is 124 Å². The van der Waals surface area contributed by atoms with E-state index in [1.807, 2.05) is 11.8 Å². The van der Waals surface area contributed by atoms with Gasteiger partial charge in [0.25, 0.3) is 0 Å². The number of aryl methyl sites for hydroxylation is 1. The van der Waals surface area contributed by atoms with Crippen LogP contribution < -0.4 is 5.32 Å². The predicted octanol–water partition coefficient (Wildman–Crippen LogP) is 1.78. The molecule has 2 heterocycles. The zero-order valence-corrected chi connectivity index (χ0v) is 12.4. The lowest BCUT2D eigenvalue weighted by atomic mass is 9.86. The average molecular weight is 290 g/mol. The Bertz CT molecular complexity index is 509. The molecular formula is C15H22N4O2. The highest BCUT2D eigenvalue weighted by molar-refractivity contribution is 5.74. The van der Waals surface area contributed by atoms with E-state index < -0.39 is 0 Å². The van der Waals surface area contributed by atoms with Crippen molar-refractivity contribution in [2.75, 3.05) is 19.6 Å². The van der Waals surface area contributed by atoms with E-state index in [0.717, 1.165) is 32.4 Å². The van der Waals surface area contributed by atoms with Crippen molar-refractivity contribution >= 4 is 6.03 Å². The van der Waals surface area contributed by atoms with Crippen molar-refractivity contribution in [3.8, 4) is 0 Å². The van der Waals surface area contributed by atoms with Gasteiger partial charge in [-0.25, -0.2) is 4.79 Å². The standard InChI is InChI=1S/C15H22N4O2/c1-2-13-17-14(21-18-13)7-8-16-15(20)19-9-11-5-3-4-6-12(11)10-19/h3-4,11-12H,2,5-10H2,1H3,(H,16,20)/t11-,12+. The van der Waals surface area contributed by atoms with Gasteiger partial charge in [-0.3, -0.25) is 0 Å². The topological polar surface area (TPSA) is 71.3 Å². The number of rotatable bonds is 4.